The summed E-state index contributed by atoms with van der Waals surface area (Å²) in [6, 6.07) is 8.75. The van der Waals surface area contributed by atoms with Gasteiger partial charge in [0.1, 0.15) is 0 Å². The second-order valence-electron chi connectivity index (χ2n) is 6.53. The minimum Gasteiger partial charge on any atom is -0.389 e. The fraction of sp³-hybridized carbons (Fsp3) is 0.647. The third-order valence-electron chi connectivity index (χ3n) is 4.79. The van der Waals surface area contributed by atoms with Crippen LogP contribution >= 0.6 is 0 Å². The largest absolute Gasteiger partial charge is 0.389 e. The fourth-order valence-electron chi connectivity index (χ4n) is 3.60. The van der Waals surface area contributed by atoms with Crippen molar-refractivity contribution in [2.45, 2.75) is 38.2 Å². The minimum absolute atomic E-state index is 0.397. The molecular formula is C17H26N2O. The van der Waals surface area contributed by atoms with Gasteiger partial charge in [0.25, 0.3) is 0 Å². The van der Waals surface area contributed by atoms with Gasteiger partial charge in [-0.05, 0) is 37.5 Å². The first-order valence-corrected chi connectivity index (χ1v) is 7.91. The van der Waals surface area contributed by atoms with E-state index in [4.69, 9.17) is 0 Å². The zero-order chi connectivity index (χ0) is 14.0. The summed E-state index contributed by atoms with van der Waals surface area (Å²) in [5, 5.41) is 10.5. The molecule has 0 aromatic heterocycles. The number of nitrogens with zero attached hydrogens (tertiary/aromatic N) is 2. The van der Waals surface area contributed by atoms with Crippen LogP contribution < -0.4 is 4.90 Å². The highest BCUT2D eigenvalue weighted by molar-refractivity contribution is 5.48. The lowest BCUT2D eigenvalue weighted by Gasteiger charge is -2.39. The zero-order valence-electron chi connectivity index (χ0n) is 12.5. The van der Waals surface area contributed by atoms with E-state index in [0.29, 0.717) is 0 Å². The Morgan fingerprint density at radius 2 is 1.80 bits per heavy atom. The molecule has 0 atom stereocenters. The molecule has 1 heterocycles. The number of benzene rings is 1. The summed E-state index contributed by atoms with van der Waals surface area (Å²) < 4.78 is 0. The average molecular weight is 274 g/mol. The van der Waals surface area contributed by atoms with Gasteiger partial charge in [-0.1, -0.05) is 25.0 Å². The van der Waals surface area contributed by atoms with Crippen molar-refractivity contribution < 1.29 is 5.11 Å². The molecule has 3 rings (SSSR count). The molecule has 1 aliphatic carbocycles. The van der Waals surface area contributed by atoms with Crippen LogP contribution in [0.25, 0.3) is 0 Å². The van der Waals surface area contributed by atoms with Crippen molar-refractivity contribution in [1.29, 1.82) is 0 Å². The lowest BCUT2D eigenvalue weighted by atomic mass is 10.0. The Morgan fingerprint density at radius 3 is 2.45 bits per heavy atom. The molecule has 0 amide bonds. The molecule has 1 aromatic carbocycles. The van der Waals surface area contributed by atoms with E-state index in [9.17, 15) is 5.11 Å². The molecule has 0 spiro atoms. The number of piperazine rings is 1. The van der Waals surface area contributed by atoms with Gasteiger partial charge in [0, 0.05) is 38.4 Å². The van der Waals surface area contributed by atoms with Crippen LogP contribution in [0.2, 0.25) is 0 Å². The standard InChI is InChI=1S/C17H26N2O/c1-15-5-4-6-16(13-15)19-11-9-18(10-12-19)14-17(20)7-2-3-8-17/h4-6,13,20H,2-3,7-12,14H2,1H3. The van der Waals surface area contributed by atoms with Crippen LogP contribution in [0, 0.1) is 6.92 Å². The van der Waals surface area contributed by atoms with Gasteiger partial charge in [0.15, 0.2) is 0 Å². The van der Waals surface area contributed by atoms with Gasteiger partial charge in [0.2, 0.25) is 0 Å². The van der Waals surface area contributed by atoms with Gasteiger partial charge < -0.3 is 10.0 Å². The van der Waals surface area contributed by atoms with E-state index in [2.05, 4.69) is 41.0 Å². The zero-order valence-corrected chi connectivity index (χ0v) is 12.5. The SMILES string of the molecule is Cc1cccc(N2CCN(CC3(O)CCCC3)CC2)c1. The number of aryl methyl sites for hydroxylation is 1. The van der Waals surface area contributed by atoms with Crippen LogP contribution in [0.1, 0.15) is 31.2 Å². The van der Waals surface area contributed by atoms with E-state index in [0.717, 1.165) is 45.6 Å². The van der Waals surface area contributed by atoms with E-state index in [-0.39, 0.29) is 0 Å². The second kappa shape index (κ2) is 5.74. The normalized spacial score (nSPS) is 23.2. The maximum atomic E-state index is 10.5. The smallest absolute Gasteiger partial charge is 0.0774 e. The summed E-state index contributed by atoms with van der Waals surface area (Å²) in [4.78, 5) is 4.90. The first-order valence-electron chi connectivity index (χ1n) is 7.91. The van der Waals surface area contributed by atoms with Crippen molar-refractivity contribution in [3.05, 3.63) is 29.8 Å². The predicted octanol–water partition coefficient (Wildman–Crippen LogP) is 2.42. The Bertz CT molecular complexity index is 446. The molecule has 1 aromatic rings. The van der Waals surface area contributed by atoms with Crippen LogP contribution in [-0.2, 0) is 0 Å². The van der Waals surface area contributed by atoms with Crippen molar-refractivity contribution in [3.63, 3.8) is 0 Å². The molecule has 0 bridgehead atoms. The highest BCUT2D eigenvalue weighted by Crippen LogP contribution is 2.30. The van der Waals surface area contributed by atoms with Crippen LogP contribution in [0.15, 0.2) is 24.3 Å². The van der Waals surface area contributed by atoms with Crippen LogP contribution in [-0.4, -0.2) is 48.3 Å². The van der Waals surface area contributed by atoms with Crippen molar-refractivity contribution in [1.82, 2.24) is 4.90 Å². The summed E-state index contributed by atoms with van der Waals surface area (Å²) in [7, 11) is 0. The molecule has 0 unspecified atom stereocenters. The second-order valence-corrected chi connectivity index (χ2v) is 6.53. The molecule has 1 saturated carbocycles. The van der Waals surface area contributed by atoms with Crippen LogP contribution in [0.5, 0.6) is 0 Å². The van der Waals surface area contributed by atoms with Gasteiger partial charge in [-0.3, -0.25) is 4.90 Å². The van der Waals surface area contributed by atoms with Gasteiger partial charge in [-0.15, -0.1) is 0 Å². The van der Waals surface area contributed by atoms with E-state index in [1.165, 1.54) is 24.1 Å². The molecule has 2 fully saturated rings. The van der Waals surface area contributed by atoms with Gasteiger partial charge >= 0.3 is 0 Å². The molecule has 1 N–H and O–H groups in total. The highest BCUT2D eigenvalue weighted by atomic mass is 16.3. The maximum absolute atomic E-state index is 10.5. The summed E-state index contributed by atoms with van der Waals surface area (Å²) in [5.74, 6) is 0. The highest BCUT2D eigenvalue weighted by Gasteiger charge is 2.33. The van der Waals surface area contributed by atoms with Gasteiger partial charge in [-0.25, -0.2) is 0 Å². The predicted molar refractivity (Wildman–Crippen MR) is 83.2 cm³/mol. The third kappa shape index (κ3) is 3.15. The number of anilines is 1. The lowest BCUT2D eigenvalue weighted by Crippen LogP contribution is -2.51. The monoisotopic (exact) mass is 274 g/mol. The molecular weight excluding hydrogens is 248 g/mol. The van der Waals surface area contributed by atoms with E-state index in [1.807, 2.05) is 0 Å². The topological polar surface area (TPSA) is 26.7 Å². The Kier molecular flexibility index (Phi) is 3.99. The van der Waals surface area contributed by atoms with Gasteiger partial charge in [0.05, 0.1) is 5.60 Å². The summed E-state index contributed by atoms with van der Waals surface area (Å²) >= 11 is 0. The first kappa shape index (κ1) is 13.9. The summed E-state index contributed by atoms with van der Waals surface area (Å²) in [6.07, 6.45) is 4.37. The molecule has 0 radical (unpaired) electrons. The molecule has 3 nitrogen and oxygen atoms in total. The minimum atomic E-state index is -0.397. The molecule has 3 heteroatoms. The third-order valence-corrected chi connectivity index (χ3v) is 4.79. The number of aliphatic hydroxyl groups is 1. The molecule has 2 aliphatic rings. The van der Waals surface area contributed by atoms with Crippen molar-refractivity contribution in [2.75, 3.05) is 37.6 Å². The maximum Gasteiger partial charge on any atom is 0.0774 e. The lowest BCUT2D eigenvalue weighted by molar-refractivity contribution is 0.00803. The Hall–Kier alpha value is -1.06. The molecule has 20 heavy (non-hydrogen) atoms. The molecule has 1 aliphatic heterocycles. The molecule has 1 saturated heterocycles. The summed E-state index contributed by atoms with van der Waals surface area (Å²) in [5.41, 5.74) is 2.26. The van der Waals surface area contributed by atoms with Gasteiger partial charge in [-0.2, -0.15) is 0 Å². The Labute approximate surface area is 122 Å². The number of hydrogen-bond acceptors (Lipinski definition) is 3. The van der Waals surface area contributed by atoms with Crippen LogP contribution in [0.3, 0.4) is 0 Å². The first-order chi connectivity index (χ1) is 9.65. The van der Waals surface area contributed by atoms with Crippen molar-refractivity contribution >= 4 is 5.69 Å². The van der Waals surface area contributed by atoms with E-state index < -0.39 is 5.60 Å². The van der Waals surface area contributed by atoms with E-state index >= 15 is 0 Å². The van der Waals surface area contributed by atoms with Crippen LogP contribution in [0.4, 0.5) is 5.69 Å². The molecule has 110 valence electrons. The van der Waals surface area contributed by atoms with Crippen molar-refractivity contribution in [3.8, 4) is 0 Å². The number of rotatable bonds is 3. The Balaban J connectivity index is 1.54. The Morgan fingerprint density at radius 1 is 1.10 bits per heavy atom. The number of β-amino-alcohol motifs (C(OH)–C–C–N with tert-alkyl or cyclic N) is 1. The van der Waals surface area contributed by atoms with Crippen molar-refractivity contribution in [2.24, 2.45) is 0 Å². The average Bonchev–Trinajstić information content (AvgIpc) is 2.86. The number of hydrogen-bond donors (Lipinski definition) is 1. The fourth-order valence-corrected chi connectivity index (χ4v) is 3.60. The quantitative estimate of drug-likeness (QED) is 0.917. The summed E-state index contributed by atoms with van der Waals surface area (Å²) in [6.45, 7) is 7.29. The van der Waals surface area contributed by atoms with E-state index in [1.54, 1.807) is 0 Å².